The van der Waals surface area contributed by atoms with Crippen molar-refractivity contribution >= 4 is 16.9 Å². The molecule has 0 aliphatic rings. The monoisotopic (exact) mass is 402 g/mol. The van der Waals surface area contributed by atoms with Crippen LogP contribution in [0.15, 0.2) is 57.7 Å². The number of carbonyl (C=O) groups excluding carboxylic acids is 1. The smallest absolute Gasteiger partial charge is 0.342 e. The second kappa shape index (κ2) is 7.63. The third kappa shape index (κ3) is 3.41. The summed E-state index contributed by atoms with van der Waals surface area (Å²) in [5, 5.41) is 5.26. The van der Waals surface area contributed by atoms with Gasteiger partial charge in [0, 0.05) is 17.0 Å². The molecule has 6 nitrogen and oxygen atoms in total. The van der Waals surface area contributed by atoms with Crippen LogP contribution in [-0.4, -0.2) is 15.7 Å². The summed E-state index contributed by atoms with van der Waals surface area (Å²) < 4.78 is 12.7. The Hall–Kier alpha value is -3.67. The molecule has 4 rings (SSSR count). The fourth-order valence-corrected chi connectivity index (χ4v) is 3.62. The molecule has 0 atom stereocenters. The summed E-state index contributed by atoms with van der Waals surface area (Å²) >= 11 is 0. The second-order valence-electron chi connectivity index (χ2n) is 7.34. The fourth-order valence-electron chi connectivity index (χ4n) is 3.62. The lowest BCUT2D eigenvalue weighted by atomic mass is 10.0. The van der Waals surface area contributed by atoms with E-state index in [9.17, 15) is 9.59 Å². The lowest BCUT2D eigenvalue weighted by molar-refractivity contribution is 0.0472. The van der Waals surface area contributed by atoms with E-state index in [0.717, 1.165) is 22.2 Å². The lowest BCUT2D eigenvalue weighted by Gasteiger charge is -2.10. The maximum absolute atomic E-state index is 12.9. The highest BCUT2D eigenvalue weighted by Crippen LogP contribution is 2.25. The van der Waals surface area contributed by atoms with Crippen LogP contribution < -0.4 is 5.63 Å². The molecule has 2 aromatic heterocycles. The minimum Gasteiger partial charge on any atom is -0.457 e. The summed E-state index contributed by atoms with van der Waals surface area (Å²) in [6, 6.07) is 14.8. The number of carbonyl (C=O) groups is 1. The quantitative estimate of drug-likeness (QED) is 0.369. The first kappa shape index (κ1) is 19.6. The van der Waals surface area contributed by atoms with Crippen molar-refractivity contribution in [2.24, 2.45) is 0 Å². The van der Waals surface area contributed by atoms with Gasteiger partial charge in [-0.1, -0.05) is 30.3 Å². The molecule has 0 spiro atoms. The molecule has 2 aromatic carbocycles. The fraction of sp³-hybridized carbons (Fsp3) is 0.208. The predicted octanol–water partition coefficient (Wildman–Crippen LogP) is 4.57. The van der Waals surface area contributed by atoms with E-state index >= 15 is 0 Å². The highest BCUT2D eigenvalue weighted by molar-refractivity contribution is 5.92. The van der Waals surface area contributed by atoms with E-state index < -0.39 is 11.6 Å². The van der Waals surface area contributed by atoms with Gasteiger partial charge in [-0.2, -0.15) is 5.10 Å². The Balaban J connectivity index is 1.65. The summed E-state index contributed by atoms with van der Waals surface area (Å²) in [6.07, 6.45) is 0. The maximum Gasteiger partial charge on any atom is 0.342 e. The van der Waals surface area contributed by atoms with Crippen molar-refractivity contribution in [3.63, 3.8) is 0 Å². The molecule has 152 valence electrons. The molecule has 0 radical (unpaired) electrons. The number of aromatic nitrogens is 2. The Morgan fingerprint density at radius 2 is 1.80 bits per heavy atom. The zero-order valence-corrected chi connectivity index (χ0v) is 17.4. The molecule has 0 fully saturated rings. The first-order valence-corrected chi connectivity index (χ1v) is 9.68. The van der Waals surface area contributed by atoms with E-state index in [1.807, 2.05) is 63.2 Å². The third-order valence-electron chi connectivity index (χ3n) is 5.37. The average Bonchev–Trinajstić information content (AvgIpc) is 3.03. The van der Waals surface area contributed by atoms with Gasteiger partial charge in [0.1, 0.15) is 17.8 Å². The van der Waals surface area contributed by atoms with E-state index in [1.54, 1.807) is 11.6 Å². The van der Waals surface area contributed by atoms with Crippen LogP contribution in [0.1, 0.15) is 38.4 Å². The number of aryl methyl sites for hydroxylation is 3. The zero-order valence-electron chi connectivity index (χ0n) is 17.4. The summed E-state index contributed by atoms with van der Waals surface area (Å²) in [5.41, 5.74) is 5.19. The molecule has 0 saturated carbocycles. The molecule has 30 heavy (non-hydrogen) atoms. The molecule has 0 aliphatic carbocycles. The number of nitrogens with zero attached hydrogens (tertiary/aromatic N) is 2. The highest BCUT2D eigenvalue weighted by Gasteiger charge is 2.21. The number of ether oxygens (including phenoxy) is 1. The molecule has 6 heteroatoms. The molecule has 0 amide bonds. The molecule has 4 aromatic rings. The number of fused-ring (bicyclic) bond motifs is 1. The first-order chi connectivity index (χ1) is 14.4. The number of para-hydroxylation sites is 1. The van der Waals surface area contributed by atoms with Crippen LogP contribution in [0.4, 0.5) is 0 Å². The van der Waals surface area contributed by atoms with Crippen molar-refractivity contribution in [1.82, 2.24) is 9.78 Å². The van der Waals surface area contributed by atoms with E-state index in [-0.39, 0.29) is 6.61 Å². The van der Waals surface area contributed by atoms with Crippen LogP contribution >= 0.6 is 0 Å². The van der Waals surface area contributed by atoms with Gasteiger partial charge in [-0.15, -0.1) is 0 Å². The number of hydrogen-bond donors (Lipinski definition) is 0. The van der Waals surface area contributed by atoms with Crippen LogP contribution in [0.25, 0.3) is 16.7 Å². The van der Waals surface area contributed by atoms with Gasteiger partial charge >= 0.3 is 11.6 Å². The Morgan fingerprint density at radius 1 is 1.07 bits per heavy atom. The van der Waals surface area contributed by atoms with E-state index in [1.165, 1.54) is 6.07 Å². The molecule has 0 saturated heterocycles. The Bertz CT molecular complexity index is 1320. The molecule has 0 N–H and O–H groups in total. The van der Waals surface area contributed by atoms with Crippen molar-refractivity contribution < 1.29 is 13.9 Å². The molecular weight excluding hydrogens is 380 g/mol. The minimum absolute atomic E-state index is 0.0289. The van der Waals surface area contributed by atoms with Gasteiger partial charge < -0.3 is 9.15 Å². The molecule has 2 heterocycles. The minimum atomic E-state index is -0.475. The topological polar surface area (TPSA) is 74.3 Å². The Labute approximate surface area is 173 Å². The van der Waals surface area contributed by atoms with Gasteiger partial charge in [-0.25, -0.2) is 14.3 Å². The number of benzene rings is 2. The third-order valence-corrected chi connectivity index (χ3v) is 5.37. The summed E-state index contributed by atoms with van der Waals surface area (Å²) in [4.78, 5) is 24.9. The SMILES string of the molecule is Cc1ccc2c(COC(=O)c3c(C)nn(-c4ccccc4)c3C)cc(=O)oc2c1C. The summed E-state index contributed by atoms with van der Waals surface area (Å²) in [5.74, 6) is -0.475. The van der Waals surface area contributed by atoms with Gasteiger partial charge in [0.15, 0.2) is 0 Å². The van der Waals surface area contributed by atoms with E-state index in [2.05, 4.69) is 5.10 Å². The van der Waals surface area contributed by atoms with Gasteiger partial charge in [-0.3, -0.25) is 0 Å². The van der Waals surface area contributed by atoms with Gasteiger partial charge in [-0.05, 0) is 51.0 Å². The number of rotatable bonds is 4. The van der Waals surface area contributed by atoms with E-state index in [0.29, 0.717) is 28.1 Å². The number of hydrogen-bond acceptors (Lipinski definition) is 5. The second-order valence-corrected chi connectivity index (χ2v) is 7.34. The van der Waals surface area contributed by atoms with Crippen LogP contribution in [-0.2, 0) is 11.3 Å². The Kier molecular flexibility index (Phi) is 4.99. The normalized spacial score (nSPS) is 11.1. The molecule has 0 unspecified atom stereocenters. The molecule has 0 bridgehead atoms. The summed E-state index contributed by atoms with van der Waals surface area (Å²) in [7, 11) is 0. The van der Waals surface area contributed by atoms with Gasteiger partial charge in [0.05, 0.1) is 17.1 Å². The van der Waals surface area contributed by atoms with Crippen molar-refractivity contribution in [3.8, 4) is 5.69 Å². The predicted molar refractivity (Wildman–Crippen MR) is 114 cm³/mol. The largest absolute Gasteiger partial charge is 0.457 e. The van der Waals surface area contributed by atoms with Crippen molar-refractivity contribution in [3.05, 3.63) is 92.6 Å². The molecular formula is C24H22N2O4. The van der Waals surface area contributed by atoms with Gasteiger partial charge in [0.2, 0.25) is 0 Å². The lowest BCUT2D eigenvalue weighted by Crippen LogP contribution is -2.10. The van der Waals surface area contributed by atoms with Crippen molar-refractivity contribution in [1.29, 1.82) is 0 Å². The number of esters is 1. The van der Waals surface area contributed by atoms with Gasteiger partial charge in [0.25, 0.3) is 0 Å². The highest BCUT2D eigenvalue weighted by atomic mass is 16.5. The van der Waals surface area contributed by atoms with Crippen LogP contribution in [0.2, 0.25) is 0 Å². The first-order valence-electron chi connectivity index (χ1n) is 9.68. The van der Waals surface area contributed by atoms with Crippen LogP contribution in [0.3, 0.4) is 0 Å². The standard InChI is InChI=1S/C24H22N2O4/c1-14-10-11-20-18(12-21(27)30-23(20)15(14)2)13-29-24(28)22-16(3)25-26(17(22)4)19-8-6-5-7-9-19/h5-12H,13H2,1-4H3. The van der Waals surface area contributed by atoms with Crippen LogP contribution in [0, 0.1) is 27.7 Å². The Morgan fingerprint density at radius 3 is 2.53 bits per heavy atom. The maximum atomic E-state index is 12.9. The zero-order chi connectivity index (χ0) is 21.4. The van der Waals surface area contributed by atoms with Crippen LogP contribution in [0.5, 0.6) is 0 Å². The summed E-state index contributed by atoms with van der Waals surface area (Å²) in [6.45, 7) is 7.45. The molecule has 0 aliphatic heterocycles. The van der Waals surface area contributed by atoms with Crippen molar-refractivity contribution in [2.75, 3.05) is 0 Å². The van der Waals surface area contributed by atoms with E-state index in [4.69, 9.17) is 9.15 Å². The van der Waals surface area contributed by atoms with Crippen molar-refractivity contribution in [2.45, 2.75) is 34.3 Å². The average molecular weight is 402 g/mol.